The topological polar surface area (TPSA) is 66.9 Å². The molecule has 1 aliphatic carbocycles. The molecule has 2 aliphatic heterocycles. The van der Waals surface area contributed by atoms with Gasteiger partial charge in [-0.25, -0.2) is 8.42 Å². The van der Waals surface area contributed by atoms with Gasteiger partial charge >= 0.3 is 6.61 Å². The molecule has 5 rings (SSSR count). The first kappa shape index (κ1) is 24.7. The molecule has 1 saturated carbocycles. The van der Waals surface area contributed by atoms with Gasteiger partial charge in [-0.05, 0) is 55.0 Å². The van der Waals surface area contributed by atoms with Crippen LogP contribution in [0.25, 0.3) is 0 Å². The Balaban J connectivity index is 1.50. The number of sulfone groups is 1. The fourth-order valence-corrected chi connectivity index (χ4v) is 8.08. The predicted octanol–water partition coefficient (Wildman–Crippen LogP) is 6.06. The van der Waals surface area contributed by atoms with E-state index in [1.165, 1.54) is 6.07 Å². The van der Waals surface area contributed by atoms with Crippen molar-refractivity contribution in [2.45, 2.75) is 58.1 Å². The maximum Gasteiger partial charge on any atom is 0.387 e. The Bertz CT molecular complexity index is 1310. The molecule has 36 heavy (non-hydrogen) atoms. The highest BCUT2D eigenvalue weighted by Gasteiger charge is 2.41. The normalized spacial score (nSPS) is 23.5. The minimum Gasteiger partial charge on any atom is -0.435 e. The summed E-state index contributed by atoms with van der Waals surface area (Å²) in [5.74, 6) is 0.832. The molecule has 2 aromatic rings. The molecule has 6 nitrogen and oxygen atoms in total. The molecule has 3 aliphatic rings. The number of anilines is 3. The number of rotatable bonds is 7. The van der Waals surface area contributed by atoms with Gasteiger partial charge in [-0.1, -0.05) is 32.4 Å². The number of hydrogen-bond acceptors (Lipinski definition) is 6. The molecule has 0 unspecified atom stereocenters. The molecule has 1 atom stereocenters. The largest absolute Gasteiger partial charge is 0.435 e. The number of ketones is 1. The van der Waals surface area contributed by atoms with E-state index in [1.807, 2.05) is 30.0 Å². The lowest BCUT2D eigenvalue weighted by molar-refractivity contribution is -0.0498. The summed E-state index contributed by atoms with van der Waals surface area (Å²) in [4.78, 5) is 17.4. The molecule has 2 heterocycles. The maximum absolute atomic E-state index is 13.3. The van der Waals surface area contributed by atoms with Crippen LogP contribution in [-0.4, -0.2) is 38.4 Å². The van der Waals surface area contributed by atoms with E-state index in [9.17, 15) is 22.0 Å². The SMILES string of the molecule is C=C1N(c2cccc(OC(F)F)c2)c2ccc(C(=O)C[C@]3(C)CCS(=O)(=O)C3)cc2N1C1CCCC1. The first-order valence-electron chi connectivity index (χ1n) is 12.3. The van der Waals surface area contributed by atoms with E-state index in [1.54, 1.807) is 18.2 Å². The van der Waals surface area contributed by atoms with Crippen molar-refractivity contribution >= 4 is 32.7 Å². The molecule has 9 heteroatoms. The van der Waals surface area contributed by atoms with Gasteiger partial charge in [0, 0.05) is 24.1 Å². The van der Waals surface area contributed by atoms with Crippen LogP contribution in [-0.2, 0) is 9.84 Å². The van der Waals surface area contributed by atoms with Crippen LogP contribution >= 0.6 is 0 Å². The number of halogens is 2. The lowest BCUT2D eigenvalue weighted by atomic mass is 9.83. The molecular formula is C27H30F2N2O4S. The number of ether oxygens (including phenoxy) is 1. The zero-order valence-electron chi connectivity index (χ0n) is 20.3. The van der Waals surface area contributed by atoms with E-state index < -0.39 is 21.9 Å². The third-order valence-electron chi connectivity index (χ3n) is 7.50. The van der Waals surface area contributed by atoms with E-state index >= 15 is 0 Å². The van der Waals surface area contributed by atoms with Crippen molar-refractivity contribution in [3.63, 3.8) is 0 Å². The lowest BCUT2D eigenvalue weighted by Crippen LogP contribution is -2.33. The highest BCUT2D eigenvalue weighted by molar-refractivity contribution is 7.91. The Morgan fingerprint density at radius 2 is 1.92 bits per heavy atom. The highest BCUT2D eigenvalue weighted by atomic mass is 32.2. The van der Waals surface area contributed by atoms with Gasteiger partial charge in [0.15, 0.2) is 15.6 Å². The van der Waals surface area contributed by atoms with Crippen LogP contribution in [0.2, 0.25) is 0 Å². The third-order valence-corrected chi connectivity index (χ3v) is 9.46. The van der Waals surface area contributed by atoms with Gasteiger partial charge in [0.05, 0.1) is 28.6 Å². The summed E-state index contributed by atoms with van der Waals surface area (Å²) in [6.07, 6.45) is 4.86. The zero-order chi connectivity index (χ0) is 25.7. The van der Waals surface area contributed by atoms with E-state index in [2.05, 4.69) is 16.2 Å². The molecule has 2 fully saturated rings. The first-order chi connectivity index (χ1) is 17.1. The molecule has 1 saturated heterocycles. The molecule has 0 aromatic heterocycles. The smallest absolute Gasteiger partial charge is 0.387 e. The van der Waals surface area contributed by atoms with Crippen LogP contribution in [0.1, 0.15) is 55.8 Å². The summed E-state index contributed by atoms with van der Waals surface area (Å²) in [5, 5.41) is 0. The Morgan fingerprint density at radius 1 is 1.17 bits per heavy atom. The van der Waals surface area contributed by atoms with Crippen molar-refractivity contribution in [1.29, 1.82) is 0 Å². The van der Waals surface area contributed by atoms with Gasteiger partial charge in [-0.3, -0.25) is 9.69 Å². The monoisotopic (exact) mass is 516 g/mol. The Kier molecular flexibility index (Phi) is 6.31. The molecule has 2 aromatic carbocycles. The number of carbonyl (C=O) groups excluding carboxylic acids is 1. The zero-order valence-corrected chi connectivity index (χ0v) is 21.1. The molecule has 192 valence electrons. The number of nitrogens with zero attached hydrogens (tertiary/aromatic N) is 2. The number of alkyl halides is 2. The minimum atomic E-state index is -3.10. The van der Waals surface area contributed by atoms with Gasteiger partial charge in [-0.2, -0.15) is 8.78 Å². The van der Waals surface area contributed by atoms with Crippen molar-refractivity contribution in [1.82, 2.24) is 0 Å². The number of Topliss-reactive ketones (excluding diaryl/α,β-unsaturated/α-hetero) is 1. The minimum absolute atomic E-state index is 0.0342. The second-order valence-corrected chi connectivity index (χ2v) is 12.6. The van der Waals surface area contributed by atoms with Crippen molar-refractivity contribution in [3.05, 3.63) is 60.4 Å². The molecular weight excluding hydrogens is 486 g/mol. The van der Waals surface area contributed by atoms with Gasteiger partial charge in [0.2, 0.25) is 0 Å². The van der Waals surface area contributed by atoms with Gasteiger partial charge < -0.3 is 9.64 Å². The van der Waals surface area contributed by atoms with Crippen molar-refractivity contribution in [3.8, 4) is 5.75 Å². The van der Waals surface area contributed by atoms with E-state index in [0.717, 1.165) is 37.1 Å². The molecule has 0 spiro atoms. The molecule has 0 N–H and O–H groups in total. The average Bonchev–Trinajstić information content (AvgIpc) is 3.48. The van der Waals surface area contributed by atoms with E-state index in [-0.39, 0.29) is 35.5 Å². The summed E-state index contributed by atoms with van der Waals surface area (Å²) in [5.41, 5.74) is 2.28. The van der Waals surface area contributed by atoms with Crippen LogP contribution in [0.3, 0.4) is 0 Å². The van der Waals surface area contributed by atoms with Crippen LogP contribution in [0.4, 0.5) is 25.8 Å². The van der Waals surface area contributed by atoms with Crippen LogP contribution < -0.4 is 14.5 Å². The summed E-state index contributed by atoms with van der Waals surface area (Å²) in [6, 6.07) is 12.2. The van der Waals surface area contributed by atoms with E-state index in [0.29, 0.717) is 23.5 Å². The average molecular weight is 517 g/mol. The quantitative estimate of drug-likeness (QED) is 0.417. The van der Waals surface area contributed by atoms with Crippen molar-refractivity contribution < 1.29 is 26.7 Å². The third kappa shape index (κ3) is 4.73. The Morgan fingerprint density at radius 3 is 2.58 bits per heavy atom. The summed E-state index contributed by atoms with van der Waals surface area (Å²) < 4.78 is 54.3. The first-order valence-corrected chi connectivity index (χ1v) is 14.1. The van der Waals surface area contributed by atoms with Crippen LogP contribution in [0.5, 0.6) is 5.75 Å². The Hall–Kier alpha value is -2.94. The molecule has 0 radical (unpaired) electrons. The summed E-state index contributed by atoms with van der Waals surface area (Å²) in [7, 11) is -3.10. The van der Waals surface area contributed by atoms with Crippen LogP contribution in [0.15, 0.2) is 54.9 Å². The fraction of sp³-hybridized carbons (Fsp3) is 0.444. The number of carbonyl (C=O) groups is 1. The van der Waals surface area contributed by atoms with Gasteiger partial charge in [-0.15, -0.1) is 0 Å². The van der Waals surface area contributed by atoms with Gasteiger partial charge in [0.1, 0.15) is 11.6 Å². The summed E-state index contributed by atoms with van der Waals surface area (Å²) >= 11 is 0. The standard InChI is InChI=1S/C27H30F2N2O4S/c1-18-30(20-6-3-4-7-20)24-14-19(25(32)16-27(2)12-13-36(33,34)17-27)10-11-23(24)31(18)21-8-5-9-22(15-21)35-26(28)29/h5,8-11,14-15,20,26H,1,3-4,6-7,12-13,16-17H2,2H3/t27-/m0/s1. The second kappa shape index (κ2) is 9.18. The predicted molar refractivity (Wildman–Crippen MR) is 136 cm³/mol. The highest BCUT2D eigenvalue weighted by Crippen LogP contribution is 2.49. The summed E-state index contributed by atoms with van der Waals surface area (Å²) in [6.45, 7) is 3.28. The molecule has 0 bridgehead atoms. The van der Waals surface area contributed by atoms with E-state index in [4.69, 9.17) is 0 Å². The maximum atomic E-state index is 13.3. The van der Waals surface area contributed by atoms with Crippen molar-refractivity contribution in [2.24, 2.45) is 5.41 Å². The van der Waals surface area contributed by atoms with Crippen molar-refractivity contribution in [2.75, 3.05) is 21.3 Å². The number of fused-ring (bicyclic) bond motifs is 1. The van der Waals surface area contributed by atoms with Crippen LogP contribution in [0, 0.1) is 5.41 Å². The molecule has 0 amide bonds. The Labute approximate surface area is 210 Å². The second-order valence-electron chi connectivity index (χ2n) is 10.4. The number of hydrogen-bond donors (Lipinski definition) is 0. The fourth-order valence-electron chi connectivity index (χ4n) is 5.83. The number of benzene rings is 2. The lowest BCUT2D eigenvalue weighted by Gasteiger charge is -2.29. The van der Waals surface area contributed by atoms with Gasteiger partial charge in [0.25, 0.3) is 0 Å².